The van der Waals surface area contributed by atoms with Gasteiger partial charge in [-0.25, -0.2) is 4.39 Å². The van der Waals surface area contributed by atoms with E-state index in [9.17, 15) is 18.8 Å². The number of carbonyl (C=O) groups is 2. The van der Waals surface area contributed by atoms with Crippen LogP contribution in [0.5, 0.6) is 23.0 Å². The summed E-state index contributed by atoms with van der Waals surface area (Å²) >= 11 is 0. The van der Waals surface area contributed by atoms with E-state index in [-0.39, 0.29) is 23.7 Å². The first kappa shape index (κ1) is 32.1. The number of benzene rings is 3. The molecule has 2 amide bonds. The molecule has 1 aliphatic rings. The first-order valence-corrected chi connectivity index (χ1v) is 15.3. The van der Waals surface area contributed by atoms with Gasteiger partial charge in [-0.05, 0) is 92.5 Å². The number of amides is 2. The minimum absolute atomic E-state index is 0.152. The van der Waals surface area contributed by atoms with Crippen molar-refractivity contribution in [2.45, 2.75) is 12.8 Å². The van der Waals surface area contributed by atoms with Crippen LogP contribution in [0.4, 0.5) is 10.1 Å². The molecule has 1 fully saturated rings. The maximum atomic E-state index is 13.7. The van der Waals surface area contributed by atoms with Gasteiger partial charge in [0, 0.05) is 29.5 Å². The Balaban J connectivity index is 1.12. The van der Waals surface area contributed by atoms with Gasteiger partial charge >= 0.3 is 0 Å². The number of methoxy groups -OCH3 is 1. The quantitative estimate of drug-likeness (QED) is 0.209. The minimum atomic E-state index is -0.684. The van der Waals surface area contributed by atoms with Gasteiger partial charge in [0.25, 0.3) is 11.5 Å². The van der Waals surface area contributed by atoms with Gasteiger partial charge in [-0.3, -0.25) is 24.3 Å². The molecule has 0 bridgehead atoms. The topological polar surface area (TPSA) is 151 Å². The van der Waals surface area contributed by atoms with Crippen molar-refractivity contribution < 1.29 is 28.2 Å². The van der Waals surface area contributed by atoms with Crippen molar-refractivity contribution in [2.24, 2.45) is 11.7 Å². The summed E-state index contributed by atoms with van der Waals surface area (Å²) in [6.07, 6.45) is 4.76. The molecule has 0 spiro atoms. The number of ether oxygens (including phenoxy) is 3. The standard InChI is InChI=1S/C35H33FN6O6/c1-46-31-18-28-29(19-32(31)47-21-22-11-15-41(16-12-22)20-33(37)43)38-13-10-30(28)48-26-7-5-24(6-8-26)40-34(44)27-9-14-39-42(35(27)45)25-4-2-3-23(36)17-25/h2-10,13-14,17-19,22H,11-12,15-16,20-21H2,1H3,(H2,37,43)(H,40,44). The summed E-state index contributed by atoms with van der Waals surface area (Å²) in [4.78, 5) is 43.7. The summed E-state index contributed by atoms with van der Waals surface area (Å²) < 4.78 is 32.7. The summed E-state index contributed by atoms with van der Waals surface area (Å²) in [6.45, 7) is 2.38. The number of nitrogens with two attached hydrogens (primary N) is 1. The van der Waals surface area contributed by atoms with E-state index >= 15 is 0 Å². The first-order chi connectivity index (χ1) is 23.3. The Hall–Kier alpha value is -5.82. The lowest BCUT2D eigenvalue weighted by Crippen LogP contribution is -2.40. The number of pyridine rings is 1. The predicted octanol–water partition coefficient (Wildman–Crippen LogP) is 4.55. The van der Waals surface area contributed by atoms with E-state index in [0.29, 0.717) is 52.1 Å². The number of rotatable bonds is 11. The van der Waals surface area contributed by atoms with Gasteiger partial charge in [0.2, 0.25) is 5.91 Å². The molecule has 0 saturated carbocycles. The monoisotopic (exact) mass is 652 g/mol. The van der Waals surface area contributed by atoms with Crippen molar-refractivity contribution >= 4 is 28.4 Å². The number of halogens is 1. The van der Waals surface area contributed by atoms with Crippen molar-refractivity contribution in [1.29, 1.82) is 0 Å². The molecule has 6 rings (SSSR count). The third-order valence-corrected chi connectivity index (χ3v) is 8.03. The molecule has 3 heterocycles. The maximum absolute atomic E-state index is 13.7. The van der Waals surface area contributed by atoms with Crippen LogP contribution < -0.4 is 30.8 Å². The lowest BCUT2D eigenvalue weighted by atomic mass is 9.98. The number of anilines is 1. The Bertz CT molecular complexity index is 2010. The number of hydrogen-bond donors (Lipinski definition) is 2. The number of carbonyl (C=O) groups excluding carboxylic acids is 2. The molecule has 0 atom stereocenters. The van der Waals surface area contributed by atoms with Crippen LogP contribution in [0.15, 0.2) is 90.0 Å². The number of nitrogens with zero attached hydrogens (tertiary/aromatic N) is 4. The summed E-state index contributed by atoms with van der Waals surface area (Å²) in [5.41, 5.74) is 5.78. The predicted molar refractivity (Wildman–Crippen MR) is 176 cm³/mol. The largest absolute Gasteiger partial charge is 0.493 e. The third kappa shape index (κ3) is 7.42. The van der Waals surface area contributed by atoms with E-state index in [1.807, 2.05) is 12.1 Å². The highest BCUT2D eigenvalue weighted by Gasteiger charge is 2.22. The zero-order chi connectivity index (χ0) is 33.6. The van der Waals surface area contributed by atoms with Crippen LogP contribution in [0.3, 0.4) is 0 Å². The van der Waals surface area contributed by atoms with Gasteiger partial charge in [0.15, 0.2) is 11.5 Å². The van der Waals surface area contributed by atoms with Gasteiger partial charge in [-0.2, -0.15) is 9.78 Å². The summed E-state index contributed by atoms with van der Waals surface area (Å²) in [5.74, 6) is 1.01. The number of primary amides is 1. The molecule has 3 aromatic carbocycles. The first-order valence-electron chi connectivity index (χ1n) is 15.3. The SMILES string of the molecule is COc1cc2c(Oc3ccc(NC(=O)c4ccnn(-c5cccc(F)c5)c4=O)cc3)ccnc2cc1OCC1CCN(CC(N)=O)CC1. The third-order valence-electron chi connectivity index (χ3n) is 8.03. The second-order valence-electron chi connectivity index (χ2n) is 11.3. The number of fused-ring (bicyclic) bond motifs is 1. The molecule has 3 N–H and O–H groups in total. The number of likely N-dealkylation sites (tertiary alicyclic amines) is 1. The van der Waals surface area contributed by atoms with Crippen LogP contribution in [-0.2, 0) is 4.79 Å². The normalized spacial score (nSPS) is 13.6. The Kier molecular flexibility index (Phi) is 9.57. The smallest absolute Gasteiger partial charge is 0.284 e. The van der Waals surface area contributed by atoms with Crippen molar-refractivity contribution in [3.8, 4) is 28.7 Å². The number of piperidine rings is 1. The van der Waals surface area contributed by atoms with Crippen LogP contribution in [0, 0.1) is 11.7 Å². The molecule has 12 nitrogen and oxygen atoms in total. The van der Waals surface area contributed by atoms with Gasteiger partial charge in [-0.15, -0.1) is 0 Å². The summed E-state index contributed by atoms with van der Waals surface area (Å²) in [7, 11) is 1.57. The molecule has 5 aromatic rings. The number of aromatic nitrogens is 3. The molecule has 2 aromatic heterocycles. The fourth-order valence-corrected chi connectivity index (χ4v) is 5.54. The van der Waals surface area contributed by atoms with Crippen molar-refractivity contribution in [3.63, 3.8) is 0 Å². The Morgan fingerprint density at radius 2 is 1.77 bits per heavy atom. The van der Waals surface area contributed by atoms with Gasteiger partial charge < -0.3 is 25.3 Å². The van der Waals surface area contributed by atoms with E-state index in [1.165, 1.54) is 30.5 Å². The molecule has 48 heavy (non-hydrogen) atoms. The highest BCUT2D eigenvalue weighted by Crippen LogP contribution is 2.37. The second kappa shape index (κ2) is 14.3. The van der Waals surface area contributed by atoms with Crippen LogP contribution in [0.1, 0.15) is 23.2 Å². The second-order valence-corrected chi connectivity index (χ2v) is 11.3. The summed E-state index contributed by atoms with van der Waals surface area (Å²) in [6, 6.07) is 18.7. The average molecular weight is 653 g/mol. The van der Waals surface area contributed by atoms with Crippen LogP contribution in [0.25, 0.3) is 16.6 Å². The average Bonchev–Trinajstić information content (AvgIpc) is 3.08. The molecule has 0 unspecified atom stereocenters. The van der Waals surface area contributed by atoms with E-state index in [4.69, 9.17) is 19.9 Å². The van der Waals surface area contributed by atoms with Gasteiger partial charge in [0.1, 0.15) is 22.9 Å². The van der Waals surface area contributed by atoms with E-state index < -0.39 is 17.3 Å². The Labute approximate surface area is 274 Å². The van der Waals surface area contributed by atoms with Crippen molar-refractivity contribution in [3.05, 3.63) is 107 Å². The zero-order valence-corrected chi connectivity index (χ0v) is 26.1. The molecule has 1 saturated heterocycles. The molecule has 1 aliphatic heterocycles. The molecule has 0 radical (unpaired) electrons. The Morgan fingerprint density at radius 3 is 2.50 bits per heavy atom. The van der Waals surface area contributed by atoms with Crippen LogP contribution >= 0.6 is 0 Å². The summed E-state index contributed by atoms with van der Waals surface area (Å²) in [5, 5.41) is 7.39. The Morgan fingerprint density at radius 1 is 0.979 bits per heavy atom. The lowest BCUT2D eigenvalue weighted by Gasteiger charge is -2.31. The molecular formula is C35H33FN6O6. The lowest BCUT2D eigenvalue weighted by molar-refractivity contribution is -0.119. The number of hydrogen-bond acceptors (Lipinski definition) is 9. The minimum Gasteiger partial charge on any atom is -0.493 e. The van der Waals surface area contributed by atoms with E-state index in [1.54, 1.807) is 43.6 Å². The van der Waals surface area contributed by atoms with Crippen LogP contribution in [-0.4, -0.2) is 64.8 Å². The van der Waals surface area contributed by atoms with Gasteiger partial charge in [-0.1, -0.05) is 6.07 Å². The molecular weight excluding hydrogens is 619 g/mol. The van der Waals surface area contributed by atoms with Crippen molar-refractivity contribution in [1.82, 2.24) is 19.7 Å². The van der Waals surface area contributed by atoms with Gasteiger partial charge in [0.05, 0.1) is 31.5 Å². The fourth-order valence-electron chi connectivity index (χ4n) is 5.54. The highest BCUT2D eigenvalue weighted by atomic mass is 19.1. The van der Waals surface area contributed by atoms with Crippen molar-refractivity contribution in [2.75, 3.05) is 38.7 Å². The van der Waals surface area contributed by atoms with E-state index in [0.717, 1.165) is 36.7 Å². The molecule has 0 aliphatic carbocycles. The molecule has 246 valence electrons. The van der Waals surface area contributed by atoms with Crippen LogP contribution in [0.2, 0.25) is 0 Å². The maximum Gasteiger partial charge on any atom is 0.284 e. The zero-order valence-electron chi connectivity index (χ0n) is 26.1. The van der Waals surface area contributed by atoms with E-state index in [2.05, 4.69) is 20.3 Å². The fraction of sp³-hybridized carbons (Fsp3) is 0.229. The number of nitrogens with one attached hydrogen (secondary N) is 1. The highest BCUT2D eigenvalue weighted by molar-refractivity contribution is 6.04. The molecule has 13 heteroatoms.